The molecule has 1 aliphatic rings. The maximum Gasteiger partial charge on any atom is 0.0961 e. The average molecular weight is 215 g/mol. The van der Waals surface area contributed by atoms with E-state index < -0.39 is 0 Å². The average Bonchev–Trinajstić information content (AvgIpc) is 2.68. The Balaban J connectivity index is 2.21. The Labute approximate surface area is 95.7 Å². The molecule has 1 aromatic carbocycles. The summed E-state index contributed by atoms with van der Waals surface area (Å²) in [5, 5.41) is 0. The van der Waals surface area contributed by atoms with Gasteiger partial charge in [-0.05, 0) is 39.1 Å². The minimum atomic E-state index is 0.495. The third kappa shape index (κ3) is 1.21. The molecule has 0 bridgehead atoms. The fraction of sp³-hybridized carbons (Fsp3) is 0.462. The van der Waals surface area contributed by atoms with Crippen LogP contribution in [0, 0.1) is 0 Å². The van der Waals surface area contributed by atoms with E-state index in [1.807, 2.05) is 6.33 Å². The standard InChI is InChI=1S/C13H17N3/c1-9-12(15(2)3)7-10-5-4-6-11-13(10)16(9)8-14-11/h4-6,8-9,12H,7H2,1-3H3. The zero-order chi connectivity index (χ0) is 11.3. The Kier molecular flexibility index (Phi) is 2.04. The summed E-state index contributed by atoms with van der Waals surface area (Å²) >= 11 is 0. The topological polar surface area (TPSA) is 21.1 Å². The highest BCUT2D eigenvalue weighted by molar-refractivity contribution is 5.80. The second kappa shape index (κ2) is 3.32. The molecule has 84 valence electrons. The molecule has 0 saturated carbocycles. The summed E-state index contributed by atoms with van der Waals surface area (Å²) in [6.07, 6.45) is 3.10. The fourth-order valence-electron chi connectivity index (χ4n) is 2.83. The highest BCUT2D eigenvalue weighted by Gasteiger charge is 2.28. The highest BCUT2D eigenvalue weighted by Crippen LogP contribution is 2.32. The van der Waals surface area contributed by atoms with Gasteiger partial charge in [0.2, 0.25) is 0 Å². The molecule has 2 aromatic rings. The van der Waals surface area contributed by atoms with Gasteiger partial charge >= 0.3 is 0 Å². The second-order valence-electron chi connectivity index (χ2n) is 4.91. The van der Waals surface area contributed by atoms with Crippen molar-refractivity contribution in [2.75, 3.05) is 14.1 Å². The number of hydrogen-bond donors (Lipinski definition) is 0. The molecule has 0 amide bonds. The van der Waals surface area contributed by atoms with Gasteiger partial charge in [0.1, 0.15) is 0 Å². The first kappa shape index (κ1) is 9.85. The molecule has 0 radical (unpaired) electrons. The van der Waals surface area contributed by atoms with E-state index in [4.69, 9.17) is 0 Å². The minimum Gasteiger partial charge on any atom is -0.326 e. The van der Waals surface area contributed by atoms with Crippen molar-refractivity contribution in [2.24, 2.45) is 0 Å². The molecule has 3 heteroatoms. The molecular weight excluding hydrogens is 198 g/mol. The smallest absolute Gasteiger partial charge is 0.0961 e. The lowest BCUT2D eigenvalue weighted by Gasteiger charge is -2.35. The largest absolute Gasteiger partial charge is 0.326 e. The molecule has 2 unspecified atom stereocenters. The summed E-state index contributed by atoms with van der Waals surface area (Å²) in [5.74, 6) is 0. The van der Waals surface area contributed by atoms with Crippen molar-refractivity contribution in [3.05, 3.63) is 30.1 Å². The number of rotatable bonds is 1. The SMILES string of the molecule is CC1C(N(C)C)Cc2cccc3ncn1c23. The van der Waals surface area contributed by atoms with Crippen LogP contribution in [0.1, 0.15) is 18.5 Å². The van der Waals surface area contributed by atoms with Crippen LogP contribution in [0.5, 0.6) is 0 Å². The van der Waals surface area contributed by atoms with Crippen LogP contribution in [0.4, 0.5) is 0 Å². The van der Waals surface area contributed by atoms with Crippen molar-refractivity contribution in [1.82, 2.24) is 14.5 Å². The predicted molar refractivity (Wildman–Crippen MR) is 65.6 cm³/mol. The van der Waals surface area contributed by atoms with Gasteiger partial charge in [-0.25, -0.2) is 4.98 Å². The highest BCUT2D eigenvalue weighted by atomic mass is 15.2. The van der Waals surface area contributed by atoms with E-state index >= 15 is 0 Å². The van der Waals surface area contributed by atoms with Crippen LogP contribution in [0.25, 0.3) is 11.0 Å². The maximum absolute atomic E-state index is 4.48. The normalized spacial score (nSPS) is 24.2. The van der Waals surface area contributed by atoms with Gasteiger partial charge in [-0.3, -0.25) is 0 Å². The second-order valence-corrected chi connectivity index (χ2v) is 4.91. The Morgan fingerprint density at radius 2 is 2.19 bits per heavy atom. The van der Waals surface area contributed by atoms with E-state index in [0.29, 0.717) is 12.1 Å². The minimum absolute atomic E-state index is 0.495. The van der Waals surface area contributed by atoms with Gasteiger partial charge in [-0.1, -0.05) is 12.1 Å². The van der Waals surface area contributed by atoms with Gasteiger partial charge in [0, 0.05) is 12.1 Å². The van der Waals surface area contributed by atoms with Crippen molar-refractivity contribution in [3.8, 4) is 0 Å². The van der Waals surface area contributed by atoms with Crippen LogP contribution in [0.3, 0.4) is 0 Å². The molecular formula is C13H17N3. The fourth-order valence-corrected chi connectivity index (χ4v) is 2.83. The number of benzene rings is 1. The lowest BCUT2D eigenvalue weighted by atomic mass is 9.94. The molecule has 0 spiro atoms. The van der Waals surface area contributed by atoms with Gasteiger partial charge in [-0.15, -0.1) is 0 Å². The Morgan fingerprint density at radius 1 is 1.38 bits per heavy atom. The van der Waals surface area contributed by atoms with Crippen LogP contribution in [-0.4, -0.2) is 34.6 Å². The zero-order valence-electron chi connectivity index (χ0n) is 10.0. The van der Waals surface area contributed by atoms with Crippen LogP contribution < -0.4 is 0 Å². The number of hydrogen-bond acceptors (Lipinski definition) is 2. The zero-order valence-corrected chi connectivity index (χ0v) is 10.0. The van der Waals surface area contributed by atoms with Crippen molar-refractivity contribution in [1.29, 1.82) is 0 Å². The van der Waals surface area contributed by atoms with Gasteiger partial charge in [0.15, 0.2) is 0 Å². The Hall–Kier alpha value is -1.35. The number of likely N-dealkylation sites (N-methyl/N-ethyl adjacent to an activating group) is 1. The van der Waals surface area contributed by atoms with Crippen LogP contribution in [0.2, 0.25) is 0 Å². The van der Waals surface area contributed by atoms with Gasteiger partial charge in [-0.2, -0.15) is 0 Å². The number of imidazole rings is 1. The molecule has 0 fully saturated rings. The molecule has 1 aromatic heterocycles. The maximum atomic E-state index is 4.48. The van der Waals surface area contributed by atoms with Crippen LogP contribution >= 0.6 is 0 Å². The lowest BCUT2D eigenvalue weighted by molar-refractivity contribution is 0.216. The van der Waals surface area contributed by atoms with E-state index in [0.717, 1.165) is 11.9 Å². The van der Waals surface area contributed by atoms with Crippen molar-refractivity contribution < 1.29 is 0 Å². The number of nitrogens with zero attached hydrogens (tertiary/aromatic N) is 3. The molecule has 2 heterocycles. The lowest BCUT2D eigenvalue weighted by Crippen LogP contribution is -2.39. The van der Waals surface area contributed by atoms with Crippen LogP contribution in [0.15, 0.2) is 24.5 Å². The summed E-state index contributed by atoms with van der Waals surface area (Å²) in [4.78, 5) is 6.79. The van der Waals surface area contributed by atoms with E-state index in [2.05, 4.69) is 53.7 Å². The summed E-state index contributed by atoms with van der Waals surface area (Å²) in [7, 11) is 4.31. The van der Waals surface area contributed by atoms with Gasteiger partial charge in [0.25, 0.3) is 0 Å². The third-order valence-corrected chi connectivity index (χ3v) is 3.77. The van der Waals surface area contributed by atoms with Crippen molar-refractivity contribution in [2.45, 2.75) is 25.4 Å². The molecule has 0 N–H and O–H groups in total. The van der Waals surface area contributed by atoms with Gasteiger partial charge in [0.05, 0.1) is 17.4 Å². The van der Waals surface area contributed by atoms with E-state index in [9.17, 15) is 0 Å². The summed E-state index contributed by atoms with van der Waals surface area (Å²) < 4.78 is 2.32. The van der Waals surface area contributed by atoms with Crippen molar-refractivity contribution >= 4 is 11.0 Å². The molecule has 0 saturated heterocycles. The third-order valence-electron chi connectivity index (χ3n) is 3.77. The number of aromatic nitrogens is 2. The van der Waals surface area contributed by atoms with Gasteiger partial charge < -0.3 is 9.47 Å². The molecule has 0 aliphatic carbocycles. The predicted octanol–water partition coefficient (Wildman–Crippen LogP) is 2.08. The Morgan fingerprint density at radius 3 is 2.94 bits per heavy atom. The number of para-hydroxylation sites is 1. The van der Waals surface area contributed by atoms with Crippen molar-refractivity contribution in [3.63, 3.8) is 0 Å². The first-order valence-corrected chi connectivity index (χ1v) is 5.79. The quantitative estimate of drug-likeness (QED) is 0.726. The van der Waals surface area contributed by atoms with E-state index in [-0.39, 0.29) is 0 Å². The Bertz CT molecular complexity index is 527. The van der Waals surface area contributed by atoms with E-state index in [1.165, 1.54) is 11.1 Å². The van der Waals surface area contributed by atoms with Crippen LogP contribution in [-0.2, 0) is 6.42 Å². The molecule has 1 aliphatic heterocycles. The monoisotopic (exact) mass is 215 g/mol. The summed E-state index contributed by atoms with van der Waals surface area (Å²) in [6, 6.07) is 7.49. The first-order valence-electron chi connectivity index (χ1n) is 5.79. The van der Waals surface area contributed by atoms with E-state index in [1.54, 1.807) is 0 Å². The summed E-state index contributed by atoms with van der Waals surface area (Å²) in [5.41, 5.74) is 3.88. The first-order chi connectivity index (χ1) is 7.68. The molecule has 16 heavy (non-hydrogen) atoms. The molecule has 3 rings (SSSR count). The molecule has 2 atom stereocenters. The summed E-state index contributed by atoms with van der Waals surface area (Å²) in [6.45, 7) is 2.28. The molecule has 3 nitrogen and oxygen atoms in total.